The monoisotopic (exact) mass is 246 g/mol. The van der Waals surface area contributed by atoms with Crippen LogP contribution in [0.1, 0.15) is 43.3 Å². The van der Waals surface area contributed by atoms with E-state index in [2.05, 4.69) is 10.1 Å². The summed E-state index contributed by atoms with van der Waals surface area (Å²) in [5, 5.41) is 3.93. The molecule has 1 aliphatic rings. The third kappa shape index (κ3) is 1.85. The standard InChI is InChI=1S/C13H14N2O3/c1-8-9(6-7-17-8)12-14-13(18-15-12)10-4-2-3-5-11(10)16/h6-7,10H,2-5H2,1H3. The van der Waals surface area contributed by atoms with E-state index in [9.17, 15) is 4.79 Å². The van der Waals surface area contributed by atoms with E-state index in [1.165, 1.54) is 0 Å². The number of carbonyl (C=O) groups excluding carboxylic acids is 1. The smallest absolute Gasteiger partial charge is 0.237 e. The molecule has 1 fully saturated rings. The van der Waals surface area contributed by atoms with Crippen molar-refractivity contribution in [2.24, 2.45) is 0 Å². The van der Waals surface area contributed by atoms with Gasteiger partial charge in [-0.2, -0.15) is 4.98 Å². The Labute approximate surface area is 104 Å². The van der Waals surface area contributed by atoms with Gasteiger partial charge >= 0.3 is 0 Å². The second-order valence-electron chi connectivity index (χ2n) is 4.61. The number of aromatic nitrogens is 2. The fourth-order valence-electron chi connectivity index (χ4n) is 2.35. The molecule has 0 spiro atoms. The minimum Gasteiger partial charge on any atom is -0.469 e. The molecule has 0 radical (unpaired) electrons. The van der Waals surface area contributed by atoms with Gasteiger partial charge in [0.1, 0.15) is 11.5 Å². The molecule has 94 valence electrons. The minimum atomic E-state index is -0.216. The second kappa shape index (κ2) is 4.40. The Hall–Kier alpha value is -1.91. The topological polar surface area (TPSA) is 69.1 Å². The average molecular weight is 246 g/mol. The van der Waals surface area contributed by atoms with Crippen LogP contribution in [-0.4, -0.2) is 15.9 Å². The second-order valence-corrected chi connectivity index (χ2v) is 4.61. The van der Waals surface area contributed by atoms with E-state index in [4.69, 9.17) is 8.94 Å². The minimum absolute atomic E-state index is 0.209. The maximum absolute atomic E-state index is 11.8. The molecular formula is C13H14N2O3. The lowest BCUT2D eigenvalue weighted by Gasteiger charge is -2.16. The number of aryl methyl sites for hydroxylation is 1. The third-order valence-corrected chi connectivity index (χ3v) is 3.39. The van der Waals surface area contributed by atoms with Gasteiger partial charge in [-0.05, 0) is 25.8 Å². The normalized spacial score (nSPS) is 20.3. The summed E-state index contributed by atoms with van der Waals surface area (Å²) in [6, 6.07) is 1.80. The van der Waals surface area contributed by atoms with Crippen molar-refractivity contribution in [3.05, 3.63) is 24.0 Å². The first-order valence-corrected chi connectivity index (χ1v) is 6.16. The van der Waals surface area contributed by atoms with E-state index >= 15 is 0 Å². The van der Waals surface area contributed by atoms with Gasteiger partial charge in [0.2, 0.25) is 11.7 Å². The van der Waals surface area contributed by atoms with E-state index in [0.717, 1.165) is 30.6 Å². The van der Waals surface area contributed by atoms with Gasteiger partial charge in [-0.1, -0.05) is 11.6 Å². The SMILES string of the molecule is Cc1occc1-c1noc(C2CCCCC2=O)n1. The van der Waals surface area contributed by atoms with Crippen LogP contribution in [0.3, 0.4) is 0 Å². The number of carbonyl (C=O) groups is 1. The number of ketones is 1. The molecule has 18 heavy (non-hydrogen) atoms. The van der Waals surface area contributed by atoms with Gasteiger partial charge < -0.3 is 8.94 Å². The van der Waals surface area contributed by atoms with Crippen LogP contribution < -0.4 is 0 Å². The zero-order chi connectivity index (χ0) is 12.5. The summed E-state index contributed by atoms with van der Waals surface area (Å²) in [5.74, 6) is 1.68. The molecule has 0 aliphatic heterocycles. The third-order valence-electron chi connectivity index (χ3n) is 3.39. The van der Waals surface area contributed by atoms with Crippen molar-refractivity contribution in [2.75, 3.05) is 0 Å². The Kier molecular flexibility index (Phi) is 2.74. The molecule has 2 aromatic rings. The Bertz CT molecular complexity index is 570. The molecule has 0 saturated heterocycles. The van der Waals surface area contributed by atoms with Crippen LogP contribution in [-0.2, 0) is 4.79 Å². The van der Waals surface area contributed by atoms with Gasteiger partial charge in [-0.15, -0.1) is 0 Å². The number of furan rings is 1. The zero-order valence-corrected chi connectivity index (χ0v) is 10.2. The first kappa shape index (κ1) is 11.2. The molecule has 3 rings (SSSR count). The lowest BCUT2D eigenvalue weighted by atomic mass is 9.88. The van der Waals surface area contributed by atoms with Crippen LogP contribution in [0.15, 0.2) is 21.3 Å². The van der Waals surface area contributed by atoms with Crippen LogP contribution >= 0.6 is 0 Å². The Morgan fingerprint density at radius 2 is 2.28 bits per heavy atom. The van der Waals surface area contributed by atoms with Crippen molar-refractivity contribution in [1.82, 2.24) is 10.1 Å². The van der Waals surface area contributed by atoms with Crippen LogP contribution in [0.2, 0.25) is 0 Å². The number of nitrogens with zero attached hydrogens (tertiary/aromatic N) is 2. The summed E-state index contributed by atoms with van der Waals surface area (Å²) in [6.07, 6.45) is 5.03. The predicted octanol–water partition coefficient (Wildman–Crippen LogP) is 2.86. The first-order valence-electron chi connectivity index (χ1n) is 6.16. The quantitative estimate of drug-likeness (QED) is 0.814. The van der Waals surface area contributed by atoms with Gasteiger partial charge in [0.15, 0.2) is 0 Å². The number of hydrogen-bond acceptors (Lipinski definition) is 5. The van der Waals surface area contributed by atoms with Crippen molar-refractivity contribution in [3.8, 4) is 11.4 Å². The molecule has 5 nitrogen and oxygen atoms in total. The first-order chi connectivity index (χ1) is 8.75. The Balaban J connectivity index is 1.89. The highest BCUT2D eigenvalue weighted by Gasteiger charge is 2.29. The lowest BCUT2D eigenvalue weighted by molar-refractivity contribution is -0.122. The molecule has 0 aromatic carbocycles. The average Bonchev–Trinajstić information content (AvgIpc) is 2.98. The molecule has 1 saturated carbocycles. The van der Waals surface area contributed by atoms with Crippen molar-refractivity contribution >= 4 is 5.78 Å². The molecular weight excluding hydrogens is 232 g/mol. The summed E-state index contributed by atoms with van der Waals surface area (Å²) in [6.45, 7) is 1.84. The zero-order valence-electron chi connectivity index (χ0n) is 10.2. The van der Waals surface area contributed by atoms with Crippen LogP contribution in [0.5, 0.6) is 0 Å². The van der Waals surface area contributed by atoms with E-state index < -0.39 is 0 Å². The lowest BCUT2D eigenvalue weighted by Crippen LogP contribution is -2.17. The number of rotatable bonds is 2. The summed E-state index contributed by atoms with van der Waals surface area (Å²) in [5.41, 5.74) is 0.813. The van der Waals surface area contributed by atoms with Gasteiger partial charge in [0.25, 0.3) is 0 Å². The van der Waals surface area contributed by atoms with Gasteiger partial charge in [-0.25, -0.2) is 0 Å². The largest absolute Gasteiger partial charge is 0.469 e. The fourth-order valence-corrected chi connectivity index (χ4v) is 2.35. The van der Waals surface area contributed by atoms with Gasteiger partial charge in [0, 0.05) is 6.42 Å². The molecule has 1 unspecified atom stereocenters. The van der Waals surface area contributed by atoms with Crippen LogP contribution in [0, 0.1) is 6.92 Å². The maximum Gasteiger partial charge on any atom is 0.237 e. The van der Waals surface area contributed by atoms with Gasteiger partial charge in [-0.3, -0.25) is 4.79 Å². The van der Waals surface area contributed by atoms with E-state index in [-0.39, 0.29) is 11.7 Å². The van der Waals surface area contributed by atoms with E-state index in [0.29, 0.717) is 18.1 Å². The molecule has 1 atom stereocenters. The van der Waals surface area contributed by atoms with Crippen molar-refractivity contribution in [3.63, 3.8) is 0 Å². The molecule has 0 N–H and O–H groups in total. The summed E-state index contributed by atoms with van der Waals surface area (Å²) >= 11 is 0. The molecule has 5 heteroatoms. The highest BCUT2D eigenvalue weighted by atomic mass is 16.5. The molecule has 0 amide bonds. The van der Waals surface area contributed by atoms with Crippen molar-refractivity contribution < 1.29 is 13.7 Å². The van der Waals surface area contributed by atoms with Crippen LogP contribution in [0.25, 0.3) is 11.4 Å². The number of hydrogen-bond donors (Lipinski definition) is 0. The van der Waals surface area contributed by atoms with Crippen molar-refractivity contribution in [1.29, 1.82) is 0 Å². The molecule has 2 heterocycles. The summed E-state index contributed by atoms with van der Waals surface area (Å²) < 4.78 is 10.4. The predicted molar refractivity (Wildman–Crippen MR) is 63.0 cm³/mol. The van der Waals surface area contributed by atoms with E-state index in [1.54, 1.807) is 12.3 Å². The highest BCUT2D eigenvalue weighted by molar-refractivity contribution is 5.85. The van der Waals surface area contributed by atoms with Crippen molar-refractivity contribution in [2.45, 2.75) is 38.5 Å². The Morgan fingerprint density at radius 1 is 1.39 bits per heavy atom. The van der Waals surface area contributed by atoms with Gasteiger partial charge in [0.05, 0.1) is 17.7 Å². The maximum atomic E-state index is 11.8. The fraction of sp³-hybridized carbons (Fsp3) is 0.462. The highest BCUT2D eigenvalue weighted by Crippen LogP contribution is 2.30. The van der Waals surface area contributed by atoms with Crippen LogP contribution in [0.4, 0.5) is 0 Å². The van der Waals surface area contributed by atoms with E-state index in [1.807, 2.05) is 6.92 Å². The molecule has 1 aliphatic carbocycles. The summed E-state index contributed by atoms with van der Waals surface area (Å²) in [4.78, 5) is 16.1. The Morgan fingerprint density at radius 3 is 3.00 bits per heavy atom. The number of Topliss-reactive ketones (excluding diaryl/α,β-unsaturated/α-hetero) is 1. The molecule has 2 aromatic heterocycles. The molecule has 0 bridgehead atoms. The summed E-state index contributed by atoms with van der Waals surface area (Å²) in [7, 11) is 0.